The van der Waals surface area contributed by atoms with Crippen LogP contribution in [-0.4, -0.2) is 38.4 Å². The van der Waals surface area contributed by atoms with E-state index in [2.05, 4.69) is 4.72 Å². The molecule has 0 aromatic heterocycles. The van der Waals surface area contributed by atoms with Gasteiger partial charge in [0.05, 0.1) is 4.90 Å². The molecule has 0 radical (unpaired) electrons. The van der Waals surface area contributed by atoms with Crippen molar-refractivity contribution in [1.29, 1.82) is 0 Å². The monoisotopic (exact) mass is 336 g/mol. The second-order valence-corrected chi connectivity index (χ2v) is 8.25. The van der Waals surface area contributed by atoms with E-state index in [1.54, 1.807) is 30.3 Å². The van der Waals surface area contributed by atoms with Crippen molar-refractivity contribution < 1.29 is 13.2 Å². The number of carbonyl (C=O) groups excluding carboxylic acids is 1. The lowest BCUT2D eigenvalue weighted by Gasteiger charge is -2.34. The van der Waals surface area contributed by atoms with Gasteiger partial charge in [-0.1, -0.05) is 31.0 Å². The SMILES string of the molecule is O=C(C1CCCC1)N1CCC[C@@H](NS(=O)(=O)c2ccccc2)C1. The number of nitrogens with one attached hydrogen (secondary N) is 1. The number of sulfonamides is 1. The summed E-state index contributed by atoms with van der Waals surface area (Å²) < 4.78 is 27.6. The van der Waals surface area contributed by atoms with Crippen molar-refractivity contribution in [2.75, 3.05) is 13.1 Å². The molecule has 1 aliphatic carbocycles. The van der Waals surface area contributed by atoms with E-state index in [4.69, 9.17) is 0 Å². The molecule has 1 aliphatic heterocycles. The van der Waals surface area contributed by atoms with E-state index in [9.17, 15) is 13.2 Å². The van der Waals surface area contributed by atoms with Crippen molar-refractivity contribution in [2.45, 2.75) is 49.5 Å². The van der Waals surface area contributed by atoms with Crippen molar-refractivity contribution in [1.82, 2.24) is 9.62 Å². The topological polar surface area (TPSA) is 66.5 Å². The van der Waals surface area contributed by atoms with Crippen molar-refractivity contribution >= 4 is 15.9 Å². The van der Waals surface area contributed by atoms with Crippen LogP contribution >= 0.6 is 0 Å². The molecule has 23 heavy (non-hydrogen) atoms. The van der Waals surface area contributed by atoms with Gasteiger partial charge in [0.15, 0.2) is 0 Å². The molecule has 0 bridgehead atoms. The Bertz CT molecular complexity index is 639. The molecule has 0 spiro atoms. The molecule has 1 aromatic carbocycles. The lowest BCUT2D eigenvalue weighted by atomic mass is 10.0. The largest absolute Gasteiger partial charge is 0.341 e. The third kappa shape index (κ3) is 3.93. The molecule has 2 fully saturated rings. The van der Waals surface area contributed by atoms with Gasteiger partial charge in [-0.05, 0) is 37.8 Å². The maximum Gasteiger partial charge on any atom is 0.240 e. The van der Waals surface area contributed by atoms with Gasteiger partial charge in [0, 0.05) is 25.0 Å². The average Bonchev–Trinajstić information content (AvgIpc) is 3.09. The standard InChI is InChI=1S/C17H24N2O3S/c20-17(14-7-4-5-8-14)19-12-6-9-15(13-19)18-23(21,22)16-10-2-1-3-11-16/h1-3,10-11,14-15,18H,4-9,12-13H2/t15-/m1/s1. The first-order valence-corrected chi connectivity index (χ1v) is 9.91. The second kappa shape index (κ2) is 7.01. The molecular formula is C17H24N2O3S. The van der Waals surface area contributed by atoms with Crippen LogP contribution in [0.15, 0.2) is 35.2 Å². The van der Waals surface area contributed by atoms with Gasteiger partial charge in [-0.3, -0.25) is 4.79 Å². The quantitative estimate of drug-likeness (QED) is 0.916. The van der Waals surface area contributed by atoms with Crippen molar-refractivity contribution in [2.24, 2.45) is 5.92 Å². The minimum absolute atomic E-state index is 0.152. The fourth-order valence-corrected chi connectivity index (χ4v) is 4.87. The highest BCUT2D eigenvalue weighted by Gasteiger charge is 2.32. The molecule has 126 valence electrons. The Kier molecular flexibility index (Phi) is 5.02. The number of hydrogen-bond donors (Lipinski definition) is 1. The fraction of sp³-hybridized carbons (Fsp3) is 0.588. The lowest BCUT2D eigenvalue weighted by Crippen LogP contribution is -2.50. The van der Waals surface area contributed by atoms with Gasteiger partial charge >= 0.3 is 0 Å². The summed E-state index contributed by atoms with van der Waals surface area (Å²) in [6.45, 7) is 1.24. The van der Waals surface area contributed by atoms with Crippen molar-refractivity contribution in [3.63, 3.8) is 0 Å². The first-order chi connectivity index (χ1) is 11.1. The molecule has 1 N–H and O–H groups in total. The molecule has 0 unspecified atom stereocenters. The molecule has 1 aromatic rings. The van der Waals surface area contributed by atoms with Crippen molar-refractivity contribution in [3.8, 4) is 0 Å². The Morgan fingerprint density at radius 3 is 2.43 bits per heavy atom. The summed E-state index contributed by atoms with van der Waals surface area (Å²) in [6, 6.07) is 8.21. The number of nitrogens with zero attached hydrogens (tertiary/aromatic N) is 1. The summed E-state index contributed by atoms with van der Waals surface area (Å²) in [5.41, 5.74) is 0. The number of piperidine rings is 1. The van der Waals surface area contributed by atoms with Gasteiger partial charge in [-0.15, -0.1) is 0 Å². The van der Waals surface area contributed by atoms with Crippen LogP contribution < -0.4 is 4.72 Å². The number of hydrogen-bond acceptors (Lipinski definition) is 3. The van der Waals surface area contributed by atoms with Crippen molar-refractivity contribution in [3.05, 3.63) is 30.3 Å². The van der Waals surface area contributed by atoms with E-state index in [0.717, 1.165) is 45.1 Å². The summed E-state index contributed by atoms with van der Waals surface area (Å²) in [4.78, 5) is 14.7. The van der Waals surface area contributed by atoms with Crippen LogP contribution in [0.5, 0.6) is 0 Å². The highest BCUT2D eigenvalue weighted by Crippen LogP contribution is 2.27. The fourth-order valence-electron chi connectivity index (χ4n) is 3.59. The Morgan fingerprint density at radius 1 is 1.04 bits per heavy atom. The Balaban J connectivity index is 1.63. The zero-order valence-corrected chi connectivity index (χ0v) is 14.1. The average molecular weight is 336 g/mol. The zero-order valence-electron chi connectivity index (χ0n) is 13.3. The number of amides is 1. The minimum Gasteiger partial charge on any atom is -0.341 e. The number of benzene rings is 1. The maximum atomic E-state index is 12.5. The van der Waals surface area contributed by atoms with E-state index in [0.29, 0.717) is 6.54 Å². The van der Waals surface area contributed by atoms with Crippen LogP contribution in [0.4, 0.5) is 0 Å². The Labute approximate surface area is 138 Å². The summed E-state index contributed by atoms with van der Waals surface area (Å²) in [5.74, 6) is 0.366. The smallest absolute Gasteiger partial charge is 0.240 e. The van der Waals surface area contributed by atoms with Gasteiger partial charge in [-0.25, -0.2) is 13.1 Å². The predicted molar refractivity (Wildman–Crippen MR) is 88.3 cm³/mol. The molecule has 6 heteroatoms. The van der Waals surface area contributed by atoms with E-state index in [-0.39, 0.29) is 22.8 Å². The molecule has 3 rings (SSSR count). The minimum atomic E-state index is -3.52. The van der Waals surface area contributed by atoms with Gasteiger partial charge < -0.3 is 4.90 Å². The Morgan fingerprint density at radius 2 is 1.74 bits per heavy atom. The number of likely N-dealkylation sites (tertiary alicyclic amines) is 1. The van der Waals surface area contributed by atoms with Gasteiger partial charge in [-0.2, -0.15) is 0 Å². The van der Waals surface area contributed by atoms with Crippen LogP contribution in [-0.2, 0) is 14.8 Å². The molecule has 1 atom stereocenters. The van der Waals surface area contributed by atoms with Crippen LogP contribution in [0, 0.1) is 5.92 Å². The molecular weight excluding hydrogens is 312 g/mol. The predicted octanol–water partition coefficient (Wildman–Crippen LogP) is 2.15. The van der Waals surface area contributed by atoms with Gasteiger partial charge in [0.1, 0.15) is 0 Å². The van der Waals surface area contributed by atoms with E-state index < -0.39 is 10.0 Å². The molecule has 5 nitrogen and oxygen atoms in total. The molecule has 1 saturated carbocycles. The first-order valence-electron chi connectivity index (χ1n) is 8.42. The van der Waals surface area contributed by atoms with Crippen LogP contribution in [0.3, 0.4) is 0 Å². The first kappa shape index (κ1) is 16.5. The van der Waals surface area contributed by atoms with E-state index in [1.165, 1.54) is 0 Å². The number of carbonyl (C=O) groups is 1. The third-order valence-electron chi connectivity index (χ3n) is 4.81. The number of rotatable bonds is 4. The summed E-state index contributed by atoms with van der Waals surface area (Å²) in [6.07, 6.45) is 5.86. The van der Waals surface area contributed by atoms with Gasteiger partial charge in [0.25, 0.3) is 0 Å². The molecule has 2 aliphatic rings. The zero-order chi connectivity index (χ0) is 16.3. The summed E-state index contributed by atoms with van der Waals surface area (Å²) in [5, 5.41) is 0. The third-order valence-corrected chi connectivity index (χ3v) is 6.35. The molecule has 1 saturated heterocycles. The molecule has 1 heterocycles. The van der Waals surface area contributed by atoms with E-state index >= 15 is 0 Å². The van der Waals surface area contributed by atoms with Crippen LogP contribution in [0.1, 0.15) is 38.5 Å². The van der Waals surface area contributed by atoms with E-state index in [1.807, 2.05) is 4.90 Å². The summed E-state index contributed by atoms with van der Waals surface area (Å²) >= 11 is 0. The van der Waals surface area contributed by atoms with Gasteiger partial charge in [0.2, 0.25) is 15.9 Å². The normalized spacial score (nSPS) is 23.1. The highest BCUT2D eigenvalue weighted by molar-refractivity contribution is 7.89. The maximum absolute atomic E-state index is 12.5. The van der Waals surface area contributed by atoms with Crippen LogP contribution in [0.2, 0.25) is 0 Å². The second-order valence-electron chi connectivity index (χ2n) is 6.54. The summed E-state index contributed by atoms with van der Waals surface area (Å²) in [7, 11) is -3.52. The lowest BCUT2D eigenvalue weighted by molar-refractivity contribution is -0.136. The Hall–Kier alpha value is -1.40. The van der Waals surface area contributed by atoms with Crippen LogP contribution in [0.25, 0.3) is 0 Å². The highest BCUT2D eigenvalue weighted by atomic mass is 32.2. The molecule has 1 amide bonds.